The summed E-state index contributed by atoms with van der Waals surface area (Å²) in [6.45, 7) is 6.79. The Bertz CT molecular complexity index is 63.8. The molecule has 0 saturated heterocycles. The third-order valence-corrected chi connectivity index (χ3v) is 2.86. The number of hydrogen-bond acceptors (Lipinski definition) is 2. The van der Waals surface area contributed by atoms with E-state index in [1.165, 1.54) is 11.5 Å². The van der Waals surface area contributed by atoms with Crippen LogP contribution in [0, 0.1) is 5.41 Å². The lowest BCUT2D eigenvalue weighted by Crippen LogP contribution is -2.08. The van der Waals surface area contributed by atoms with Gasteiger partial charge in [0.15, 0.2) is 0 Å². The zero-order chi connectivity index (χ0) is 7.33. The first kappa shape index (κ1) is 9.70. The zero-order valence-corrected chi connectivity index (χ0v) is 8.19. The van der Waals surface area contributed by atoms with E-state index in [1.807, 2.05) is 11.8 Å². The van der Waals surface area contributed by atoms with Crippen molar-refractivity contribution in [1.82, 2.24) is 0 Å². The third-order valence-electron chi connectivity index (χ3n) is 0.771. The van der Waals surface area contributed by atoms with E-state index >= 15 is 0 Å². The fourth-order valence-corrected chi connectivity index (χ4v) is 1.72. The lowest BCUT2D eigenvalue weighted by atomic mass is 10.0. The summed E-state index contributed by atoms with van der Waals surface area (Å²) in [5, 5.41) is 0. The van der Waals surface area contributed by atoms with Crippen LogP contribution in [-0.2, 0) is 0 Å². The van der Waals surface area contributed by atoms with E-state index in [4.69, 9.17) is 0 Å². The quantitative estimate of drug-likeness (QED) is 0.494. The molecule has 0 aromatic carbocycles. The molecule has 0 aliphatic rings. The SMILES string of the molecule is CC(C)(C)CSCCS. The van der Waals surface area contributed by atoms with Gasteiger partial charge in [-0.2, -0.15) is 24.4 Å². The van der Waals surface area contributed by atoms with Crippen molar-refractivity contribution in [2.75, 3.05) is 17.3 Å². The van der Waals surface area contributed by atoms with Gasteiger partial charge in [0.05, 0.1) is 0 Å². The second-order valence-corrected chi connectivity index (χ2v) is 4.89. The highest BCUT2D eigenvalue weighted by molar-refractivity contribution is 8.00. The van der Waals surface area contributed by atoms with Gasteiger partial charge in [-0.15, -0.1) is 0 Å². The van der Waals surface area contributed by atoms with E-state index < -0.39 is 0 Å². The summed E-state index contributed by atoms with van der Waals surface area (Å²) in [5.74, 6) is 3.43. The van der Waals surface area contributed by atoms with Gasteiger partial charge >= 0.3 is 0 Å². The average Bonchev–Trinajstić information content (AvgIpc) is 1.63. The molecule has 0 nitrogen and oxygen atoms in total. The van der Waals surface area contributed by atoms with Crippen LogP contribution in [0.15, 0.2) is 0 Å². The topological polar surface area (TPSA) is 0 Å². The highest BCUT2D eigenvalue weighted by Crippen LogP contribution is 2.19. The Kier molecular flexibility index (Phi) is 4.86. The lowest BCUT2D eigenvalue weighted by Gasteiger charge is -2.16. The van der Waals surface area contributed by atoms with Gasteiger partial charge in [0.2, 0.25) is 0 Å². The Hall–Kier alpha value is 0.700. The van der Waals surface area contributed by atoms with Gasteiger partial charge in [-0.25, -0.2) is 0 Å². The molecule has 0 aromatic heterocycles. The molecule has 0 amide bonds. The van der Waals surface area contributed by atoms with Crippen molar-refractivity contribution in [3.05, 3.63) is 0 Å². The Labute approximate surface area is 68.2 Å². The summed E-state index contributed by atoms with van der Waals surface area (Å²) >= 11 is 6.11. The van der Waals surface area contributed by atoms with Gasteiger partial charge in [-0.1, -0.05) is 20.8 Å². The van der Waals surface area contributed by atoms with E-state index in [-0.39, 0.29) is 0 Å². The molecular formula is C7H16S2. The van der Waals surface area contributed by atoms with Crippen LogP contribution < -0.4 is 0 Å². The van der Waals surface area contributed by atoms with Gasteiger partial charge in [-0.05, 0) is 16.9 Å². The van der Waals surface area contributed by atoms with Crippen molar-refractivity contribution in [2.45, 2.75) is 20.8 Å². The van der Waals surface area contributed by atoms with Crippen molar-refractivity contribution in [2.24, 2.45) is 5.41 Å². The number of rotatable bonds is 3. The van der Waals surface area contributed by atoms with Crippen molar-refractivity contribution in [3.8, 4) is 0 Å². The van der Waals surface area contributed by atoms with Crippen molar-refractivity contribution >= 4 is 24.4 Å². The van der Waals surface area contributed by atoms with Gasteiger partial charge < -0.3 is 0 Å². The van der Waals surface area contributed by atoms with E-state index in [1.54, 1.807) is 0 Å². The molecule has 9 heavy (non-hydrogen) atoms. The maximum atomic E-state index is 4.13. The average molecular weight is 164 g/mol. The second kappa shape index (κ2) is 4.51. The van der Waals surface area contributed by atoms with Gasteiger partial charge in [0.1, 0.15) is 0 Å². The fourth-order valence-electron chi connectivity index (χ4n) is 0.443. The van der Waals surface area contributed by atoms with E-state index in [0.717, 1.165) is 5.75 Å². The first-order chi connectivity index (χ1) is 4.06. The van der Waals surface area contributed by atoms with Crippen molar-refractivity contribution in [1.29, 1.82) is 0 Å². The Morgan fingerprint density at radius 2 is 1.89 bits per heavy atom. The summed E-state index contributed by atoms with van der Waals surface area (Å²) in [6.07, 6.45) is 0. The van der Waals surface area contributed by atoms with Crippen LogP contribution in [0.4, 0.5) is 0 Å². The molecule has 0 radical (unpaired) electrons. The smallest absolute Gasteiger partial charge is 0.00212 e. The molecule has 56 valence electrons. The van der Waals surface area contributed by atoms with E-state index in [0.29, 0.717) is 5.41 Å². The maximum absolute atomic E-state index is 4.13. The van der Waals surface area contributed by atoms with Crippen LogP contribution in [0.2, 0.25) is 0 Å². The van der Waals surface area contributed by atoms with E-state index in [9.17, 15) is 0 Å². The van der Waals surface area contributed by atoms with Crippen LogP contribution in [0.5, 0.6) is 0 Å². The summed E-state index contributed by atoms with van der Waals surface area (Å²) in [5.41, 5.74) is 0.480. The van der Waals surface area contributed by atoms with E-state index in [2.05, 4.69) is 33.4 Å². The molecule has 2 heteroatoms. The standard InChI is InChI=1S/C7H16S2/c1-7(2,3)6-9-5-4-8/h8H,4-6H2,1-3H3. The summed E-state index contributed by atoms with van der Waals surface area (Å²) in [4.78, 5) is 0. The Balaban J connectivity index is 3.07. The summed E-state index contributed by atoms with van der Waals surface area (Å²) in [6, 6.07) is 0. The van der Waals surface area contributed by atoms with Crippen LogP contribution in [0.3, 0.4) is 0 Å². The van der Waals surface area contributed by atoms with Crippen LogP contribution in [0.1, 0.15) is 20.8 Å². The third kappa shape index (κ3) is 8.70. The Morgan fingerprint density at radius 3 is 2.22 bits per heavy atom. The Morgan fingerprint density at radius 1 is 1.33 bits per heavy atom. The highest BCUT2D eigenvalue weighted by Gasteiger charge is 2.08. The molecular weight excluding hydrogens is 148 g/mol. The first-order valence-corrected chi connectivity index (χ1v) is 5.03. The molecule has 0 heterocycles. The number of thioether (sulfide) groups is 1. The van der Waals surface area contributed by atoms with Crippen molar-refractivity contribution in [3.63, 3.8) is 0 Å². The molecule has 0 saturated carbocycles. The largest absolute Gasteiger partial charge is 0.179 e. The molecule has 0 atom stereocenters. The van der Waals surface area contributed by atoms with Crippen molar-refractivity contribution < 1.29 is 0 Å². The minimum Gasteiger partial charge on any atom is -0.179 e. The molecule has 0 aliphatic heterocycles. The molecule has 0 aliphatic carbocycles. The number of thiol groups is 1. The summed E-state index contributed by atoms with van der Waals surface area (Å²) < 4.78 is 0. The van der Waals surface area contributed by atoms with Gasteiger partial charge in [0, 0.05) is 5.75 Å². The predicted octanol–water partition coefficient (Wildman–Crippen LogP) is 2.70. The predicted molar refractivity (Wildman–Crippen MR) is 50.6 cm³/mol. The van der Waals surface area contributed by atoms with Crippen LogP contribution >= 0.6 is 24.4 Å². The summed E-state index contributed by atoms with van der Waals surface area (Å²) in [7, 11) is 0. The minimum atomic E-state index is 0.480. The molecule has 0 spiro atoms. The molecule has 0 rings (SSSR count). The molecule has 0 fully saturated rings. The fraction of sp³-hybridized carbons (Fsp3) is 1.00. The lowest BCUT2D eigenvalue weighted by molar-refractivity contribution is 0.481. The molecule has 0 aromatic rings. The van der Waals surface area contributed by atoms with Gasteiger partial charge in [-0.3, -0.25) is 0 Å². The molecule has 0 unspecified atom stereocenters. The zero-order valence-electron chi connectivity index (χ0n) is 6.48. The molecule has 0 bridgehead atoms. The maximum Gasteiger partial charge on any atom is 0.00212 e. The highest BCUT2D eigenvalue weighted by atomic mass is 32.2. The monoisotopic (exact) mass is 164 g/mol. The second-order valence-electron chi connectivity index (χ2n) is 3.34. The number of hydrogen-bond donors (Lipinski definition) is 1. The van der Waals surface area contributed by atoms with Crippen LogP contribution in [-0.4, -0.2) is 17.3 Å². The normalized spacial score (nSPS) is 12.0. The first-order valence-electron chi connectivity index (χ1n) is 3.25. The minimum absolute atomic E-state index is 0.480. The van der Waals surface area contributed by atoms with Gasteiger partial charge in [0.25, 0.3) is 0 Å². The molecule has 0 N–H and O–H groups in total. The van der Waals surface area contributed by atoms with Crippen LogP contribution in [0.25, 0.3) is 0 Å².